The standard InChI is InChI=1S/C13H18O4/c1-4-10-11(16-9-15-3)7-6-8-12(10)17-13(14)5-2/h6-8H,4-5,9H2,1-3H3. The number of rotatable bonds is 6. The Kier molecular flexibility index (Phi) is 5.49. The van der Waals surface area contributed by atoms with Gasteiger partial charge in [0.1, 0.15) is 11.5 Å². The molecule has 1 aromatic rings. The third-order valence-electron chi connectivity index (χ3n) is 2.29. The fraction of sp³-hybridized carbons (Fsp3) is 0.462. The van der Waals surface area contributed by atoms with Crippen molar-refractivity contribution in [3.63, 3.8) is 0 Å². The van der Waals surface area contributed by atoms with E-state index < -0.39 is 0 Å². The van der Waals surface area contributed by atoms with E-state index in [9.17, 15) is 4.79 Å². The maximum absolute atomic E-state index is 11.3. The number of benzene rings is 1. The fourth-order valence-corrected chi connectivity index (χ4v) is 1.44. The van der Waals surface area contributed by atoms with E-state index in [0.29, 0.717) is 17.9 Å². The highest BCUT2D eigenvalue weighted by atomic mass is 16.7. The summed E-state index contributed by atoms with van der Waals surface area (Å²) in [6.45, 7) is 3.93. The molecule has 0 spiro atoms. The topological polar surface area (TPSA) is 44.8 Å². The number of ether oxygens (including phenoxy) is 3. The first-order valence-electron chi connectivity index (χ1n) is 5.67. The van der Waals surface area contributed by atoms with Gasteiger partial charge < -0.3 is 14.2 Å². The number of carbonyl (C=O) groups excluding carboxylic acids is 1. The first-order valence-corrected chi connectivity index (χ1v) is 5.67. The minimum Gasteiger partial charge on any atom is -0.467 e. The molecule has 0 aliphatic carbocycles. The lowest BCUT2D eigenvalue weighted by atomic mass is 10.1. The van der Waals surface area contributed by atoms with Crippen LogP contribution in [-0.4, -0.2) is 19.9 Å². The van der Waals surface area contributed by atoms with Crippen molar-refractivity contribution in [2.24, 2.45) is 0 Å². The minimum atomic E-state index is -0.247. The van der Waals surface area contributed by atoms with Crippen LogP contribution in [0.1, 0.15) is 25.8 Å². The van der Waals surface area contributed by atoms with Crippen molar-refractivity contribution in [3.05, 3.63) is 23.8 Å². The van der Waals surface area contributed by atoms with Crippen LogP contribution in [0.15, 0.2) is 18.2 Å². The van der Waals surface area contributed by atoms with Crippen LogP contribution in [-0.2, 0) is 16.0 Å². The van der Waals surface area contributed by atoms with Gasteiger partial charge >= 0.3 is 5.97 Å². The van der Waals surface area contributed by atoms with Crippen molar-refractivity contribution in [1.29, 1.82) is 0 Å². The molecule has 0 saturated heterocycles. The highest BCUT2D eigenvalue weighted by Crippen LogP contribution is 2.29. The van der Waals surface area contributed by atoms with E-state index in [1.54, 1.807) is 26.2 Å². The summed E-state index contributed by atoms with van der Waals surface area (Å²) in [5.74, 6) is 1.01. The number of esters is 1. The molecular weight excluding hydrogens is 220 g/mol. The van der Waals surface area contributed by atoms with Gasteiger partial charge in [-0.3, -0.25) is 4.79 Å². The molecule has 0 radical (unpaired) electrons. The van der Waals surface area contributed by atoms with E-state index in [4.69, 9.17) is 14.2 Å². The zero-order valence-corrected chi connectivity index (χ0v) is 10.5. The SMILES string of the molecule is CCC(=O)Oc1cccc(OCOC)c1CC. The summed E-state index contributed by atoms with van der Waals surface area (Å²) in [5.41, 5.74) is 0.881. The first kappa shape index (κ1) is 13.5. The second-order valence-electron chi connectivity index (χ2n) is 3.46. The van der Waals surface area contributed by atoms with Crippen molar-refractivity contribution in [1.82, 2.24) is 0 Å². The van der Waals surface area contributed by atoms with Gasteiger partial charge in [0.05, 0.1) is 0 Å². The third kappa shape index (κ3) is 3.75. The monoisotopic (exact) mass is 238 g/mol. The second kappa shape index (κ2) is 6.91. The smallest absolute Gasteiger partial charge is 0.310 e. The maximum Gasteiger partial charge on any atom is 0.310 e. The van der Waals surface area contributed by atoms with Crippen molar-refractivity contribution in [3.8, 4) is 11.5 Å². The summed E-state index contributed by atoms with van der Waals surface area (Å²) in [6, 6.07) is 5.40. The molecule has 1 aromatic carbocycles. The van der Waals surface area contributed by atoms with Crippen molar-refractivity contribution < 1.29 is 19.0 Å². The molecule has 0 unspecified atom stereocenters. The summed E-state index contributed by atoms with van der Waals surface area (Å²) in [4.78, 5) is 11.3. The highest BCUT2D eigenvalue weighted by molar-refractivity contribution is 5.72. The lowest BCUT2D eigenvalue weighted by Gasteiger charge is -2.13. The molecule has 0 aliphatic heterocycles. The molecule has 4 nitrogen and oxygen atoms in total. The highest BCUT2D eigenvalue weighted by Gasteiger charge is 2.11. The molecule has 94 valence electrons. The molecule has 4 heteroatoms. The molecule has 0 N–H and O–H groups in total. The molecule has 1 rings (SSSR count). The van der Waals surface area contributed by atoms with E-state index in [1.165, 1.54) is 0 Å². The molecule has 0 amide bonds. The Balaban J connectivity index is 2.92. The Morgan fingerprint density at radius 1 is 1.24 bits per heavy atom. The van der Waals surface area contributed by atoms with Crippen LogP contribution in [0.5, 0.6) is 11.5 Å². The van der Waals surface area contributed by atoms with Crippen molar-refractivity contribution in [2.45, 2.75) is 26.7 Å². The summed E-state index contributed by atoms with van der Waals surface area (Å²) in [5, 5.41) is 0. The van der Waals surface area contributed by atoms with Crippen LogP contribution in [0.2, 0.25) is 0 Å². The van der Waals surface area contributed by atoms with E-state index in [0.717, 1.165) is 12.0 Å². The summed E-state index contributed by atoms with van der Waals surface area (Å²) < 4.78 is 15.5. The van der Waals surface area contributed by atoms with Gasteiger partial charge in [0.2, 0.25) is 0 Å². The average Bonchev–Trinajstić information content (AvgIpc) is 2.36. The van der Waals surface area contributed by atoms with Gasteiger partial charge in [-0.15, -0.1) is 0 Å². The molecule has 0 heterocycles. The van der Waals surface area contributed by atoms with Gasteiger partial charge in [0, 0.05) is 19.1 Å². The van der Waals surface area contributed by atoms with Gasteiger partial charge in [-0.05, 0) is 18.6 Å². The Hall–Kier alpha value is -1.55. The molecule has 0 aliphatic rings. The summed E-state index contributed by atoms with van der Waals surface area (Å²) >= 11 is 0. The molecule has 0 atom stereocenters. The fourth-order valence-electron chi connectivity index (χ4n) is 1.44. The quantitative estimate of drug-likeness (QED) is 0.434. The van der Waals surface area contributed by atoms with Gasteiger partial charge in [-0.1, -0.05) is 19.9 Å². The second-order valence-corrected chi connectivity index (χ2v) is 3.46. The lowest BCUT2D eigenvalue weighted by molar-refractivity contribution is -0.134. The third-order valence-corrected chi connectivity index (χ3v) is 2.29. The van der Waals surface area contributed by atoms with E-state index >= 15 is 0 Å². The summed E-state index contributed by atoms with van der Waals surface area (Å²) in [7, 11) is 1.56. The molecular formula is C13H18O4. The molecule has 17 heavy (non-hydrogen) atoms. The van der Waals surface area contributed by atoms with Crippen LogP contribution in [0.25, 0.3) is 0 Å². The van der Waals surface area contributed by atoms with Crippen LogP contribution in [0.4, 0.5) is 0 Å². The molecule has 0 bridgehead atoms. The Morgan fingerprint density at radius 3 is 2.53 bits per heavy atom. The van der Waals surface area contributed by atoms with Gasteiger partial charge in [0.15, 0.2) is 6.79 Å². The van der Waals surface area contributed by atoms with Crippen LogP contribution in [0, 0.1) is 0 Å². The Labute approximate surface area is 101 Å². The van der Waals surface area contributed by atoms with E-state index in [1.807, 2.05) is 13.0 Å². The molecule has 0 fully saturated rings. The van der Waals surface area contributed by atoms with Crippen LogP contribution >= 0.6 is 0 Å². The van der Waals surface area contributed by atoms with E-state index in [2.05, 4.69) is 0 Å². The average molecular weight is 238 g/mol. The lowest BCUT2D eigenvalue weighted by Crippen LogP contribution is -2.08. The maximum atomic E-state index is 11.3. The van der Waals surface area contributed by atoms with Gasteiger partial charge in [-0.25, -0.2) is 0 Å². The van der Waals surface area contributed by atoms with Gasteiger partial charge in [-0.2, -0.15) is 0 Å². The first-order chi connectivity index (χ1) is 8.22. The zero-order valence-electron chi connectivity index (χ0n) is 10.5. The Morgan fingerprint density at radius 2 is 1.94 bits per heavy atom. The summed E-state index contributed by atoms with van der Waals surface area (Å²) in [6.07, 6.45) is 1.08. The van der Waals surface area contributed by atoms with Crippen molar-refractivity contribution in [2.75, 3.05) is 13.9 Å². The predicted octanol–water partition coefficient (Wildman–Crippen LogP) is 2.55. The number of methoxy groups -OCH3 is 1. The predicted molar refractivity (Wildman–Crippen MR) is 64.3 cm³/mol. The molecule has 0 saturated carbocycles. The Bertz CT molecular complexity index is 374. The van der Waals surface area contributed by atoms with E-state index in [-0.39, 0.29) is 12.8 Å². The number of hydrogen-bond acceptors (Lipinski definition) is 4. The van der Waals surface area contributed by atoms with Crippen LogP contribution in [0.3, 0.4) is 0 Å². The largest absolute Gasteiger partial charge is 0.467 e. The van der Waals surface area contributed by atoms with Crippen molar-refractivity contribution >= 4 is 5.97 Å². The normalized spacial score (nSPS) is 10.1. The number of carbonyl (C=O) groups is 1. The zero-order chi connectivity index (χ0) is 12.7. The van der Waals surface area contributed by atoms with Gasteiger partial charge in [0.25, 0.3) is 0 Å². The number of hydrogen-bond donors (Lipinski definition) is 0. The minimum absolute atomic E-state index is 0.179. The molecule has 0 aromatic heterocycles. The van der Waals surface area contributed by atoms with Crippen LogP contribution < -0.4 is 9.47 Å².